The van der Waals surface area contributed by atoms with Crippen molar-refractivity contribution in [1.82, 2.24) is 10.6 Å². The van der Waals surface area contributed by atoms with Gasteiger partial charge in [0.2, 0.25) is 11.8 Å². The average Bonchev–Trinajstić information content (AvgIpc) is 3.04. The van der Waals surface area contributed by atoms with Gasteiger partial charge in [-0.25, -0.2) is 0 Å². The zero-order chi connectivity index (χ0) is 13.8. The number of nitrogens with two attached hydrogens (primary N) is 1. The highest BCUT2D eigenvalue weighted by Crippen LogP contribution is 2.32. The predicted molar refractivity (Wildman–Crippen MR) is 70.8 cm³/mol. The molecule has 0 heterocycles. The third-order valence-corrected chi connectivity index (χ3v) is 2.93. The first-order valence-corrected chi connectivity index (χ1v) is 6.58. The van der Waals surface area contributed by atoms with Crippen molar-refractivity contribution in [2.24, 2.45) is 17.1 Å². The molecule has 1 aliphatic rings. The van der Waals surface area contributed by atoms with E-state index < -0.39 is 0 Å². The van der Waals surface area contributed by atoms with Crippen molar-refractivity contribution in [3.05, 3.63) is 0 Å². The van der Waals surface area contributed by atoms with Gasteiger partial charge in [0.15, 0.2) is 0 Å². The van der Waals surface area contributed by atoms with Crippen molar-refractivity contribution in [1.29, 1.82) is 0 Å². The van der Waals surface area contributed by atoms with Gasteiger partial charge in [0.25, 0.3) is 0 Å². The van der Waals surface area contributed by atoms with Crippen LogP contribution in [-0.2, 0) is 9.59 Å². The summed E-state index contributed by atoms with van der Waals surface area (Å²) in [7, 11) is 0. The van der Waals surface area contributed by atoms with E-state index in [4.69, 9.17) is 5.73 Å². The summed E-state index contributed by atoms with van der Waals surface area (Å²) >= 11 is 0. The number of carbonyl (C=O) groups is 2. The topological polar surface area (TPSA) is 84.2 Å². The zero-order valence-corrected chi connectivity index (χ0v) is 11.6. The maximum absolute atomic E-state index is 11.6. The van der Waals surface area contributed by atoms with Gasteiger partial charge < -0.3 is 16.4 Å². The molecule has 1 fully saturated rings. The lowest BCUT2D eigenvalue weighted by atomic mass is 9.92. The molecule has 0 aromatic rings. The highest BCUT2D eigenvalue weighted by atomic mass is 16.2. The molecule has 0 aromatic carbocycles. The number of hydrogen-bond acceptors (Lipinski definition) is 3. The van der Waals surface area contributed by atoms with Gasteiger partial charge in [0.05, 0.1) is 6.54 Å². The molecule has 0 spiro atoms. The van der Waals surface area contributed by atoms with Crippen molar-refractivity contribution < 1.29 is 9.59 Å². The molecule has 0 aliphatic heterocycles. The van der Waals surface area contributed by atoms with Crippen molar-refractivity contribution in [2.45, 2.75) is 46.1 Å². The van der Waals surface area contributed by atoms with Crippen molar-refractivity contribution in [3.8, 4) is 0 Å². The minimum atomic E-state index is -0.153. The van der Waals surface area contributed by atoms with Gasteiger partial charge in [-0.2, -0.15) is 0 Å². The Balaban J connectivity index is 2.21. The Morgan fingerprint density at radius 2 is 1.89 bits per heavy atom. The van der Waals surface area contributed by atoms with Crippen molar-refractivity contribution in [2.75, 3.05) is 13.1 Å². The first-order chi connectivity index (χ1) is 8.31. The molecule has 1 rings (SSSR count). The van der Waals surface area contributed by atoms with Gasteiger partial charge in [-0.1, -0.05) is 20.8 Å². The Hall–Kier alpha value is -1.10. The molecular formula is C13H25N3O2. The Bertz CT molecular complexity index is 306. The van der Waals surface area contributed by atoms with Crippen LogP contribution in [0.2, 0.25) is 0 Å². The lowest BCUT2D eigenvalue weighted by Crippen LogP contribution is -2.46. The van der Waals surface area contributed by atoms with E-state index in [1.807, 2.05) is 20.8 Å². The highest BCUT2D eigenvalue weighted by Gasteiger charge is 2.31. The minimum Gasteiger partial charge on any atom is -0.350 e. The number of hydrogen-bond donors (Lipinski definition) is 3. The van der Waals surface area contributed by atoms with E-state index >= 15 is 0 Å². The van der Waals surface area contributed by atoms with Crippen LogP contribution in [0.15, 0.2) is 0 Å². The maximum Gasteiger partial charge on any atom is 0.239 e. The van der Waals surface area contributed by atoms with Crippen LogP contribution in [0.25, 0.3) is 0 Å². The van der Waals surface area contributed by atoms with Gasteiger partial charge in [-0.05, 0) is 24.2 Å². The summed E-state index contributed by atoms with van der Waals surface area (Å²) in [6.07, 6.45) is 2.69. The predicted octanol–water partition coefficient (Wildman–Crippen LogP) is 0.392. The Labute approximate surface area is 109 Å². The monoisotopic (exact) mass is 255 g/mol. The van der Waals surface area contributed by atoms with Crippen molar-refractivity contribution in [3.63, 3.8) is 0 Å². The normalized spacial score (nSPS) is 17.1. The van der Waals surface area contributed by atoms with E-state index in [0.29, 0.717) is 18.9 Å². The number of nitrogens with one attached hydrogen (secondary N) is 2. The van der Waals surface area contributed by atoms with E-state index in [2.05, 4.69) is 10.6 Å². The third-order valence-electron chi connectivity index (χ3n) is 2.93. The number of carbonyl (C=O) groups excluding carboxylic acids is 2. The molecular weight excluding hydrogens is 230 g/mol. The molecule has 2 amide bonds. The molecule has 5 heteroatoms. The molecule has 4 N–H and O–H groups in total. The van der Waals surface area contributed by atoms with E-state index in [0.717, 1.165) is 12.8 Å². The molecule has 18 heavy (non-hydrogen) atoms. The van der Waals surface area contributed by atoms with E-state index in [-0.39, 0.29) is 29.8 Å². The molecule has 0 radical (unpaired) electrons. The first kappa shape index (κ1) is 15.0. The first-order valence-electron chi connectivity index (χ1n) is 6.58. The summed E-state index contributed by atoms with van der Waals surface area (Å²) in [6.45, 7) is 6.48. The second-order valence-corrected chi connectivity index (χ2v) is 6.26. The molecule has 0 bridgehead atoms. The van der Waals surface area contributed by atoms with Crippen LogP contribution in [0.3, 0.4) is 0 Å². The summed E-state index contributed by atoms with van der Waals surface area (Å²) in [4.78, 5) is 23.2. The Morgan fingerprint density at radius 3 is 2.33 bits per heavy atom. The largest absolute Gasteiger partial charge is 0.350 e. The van der Waals surface area contributed by atoms with Crippen LogP contribution >= 0.6 is 0 Å². The zero-order valence-electron chi connectivity index (χ0n) is 11.6. The molecule has 1 atom stereocenters. The standard InChI is InChI=1S/C13H25N3O2/c1-13(2,3)6-11(17)15-8-12(18)16-10(7-14)9-4-5-9/h9-10H,4-8,14H2,1-3H3,(H,15,17)(H,16,18). The highest BCUT2D eigenvalue weighted by molar-refractivity contribution is 5.85. The fourth-order valence-corrected chi connectivity index (χ4v) is 1.85. The van der Waals surface area contributed by atoms with Gasteiger partial charge in [-0.15, -0.1) is 0 Å². The van der Waals surface area contributed by atoms with Crippen LogP contribution in [-0.4, -0.2) is 30.9 Å². The van der Waals surface area contributed by atoms with Crippen LogP contribution in [0, 0.1) is 11.3 Å². The Kier molecular flexibility index (Phi) is 5.14. The van der Waals surface area contributed by atoms with Crippen LogP contribution in [0.5, 0.6) is 0 Å². The Morgan fingerprint density at radius 1 is 1.28 bits per heavy atom. The second-order valence-electron chi connectivity index (χ2n) is 6.26. The molecule has 5 nitrogen and oxygen atoms in total. The fraction of sp³-hybridized carbons (Fsp3) is 0.846. The summed E-state index contributed by atoms with van der Waals surface area (Å²) in [5, 5.41) is 5.50. The number of amides is 2. The van der Waals surface area contributed by atoms with Gasteiger partial charge in [0.1, 0.15) is 0 Å². The lowest BCUT2D eigenvalue weighted by Gasteiger charge is -2.18. The fourth-order valence-electron chi connectivity index (χ4n) is 1.85. The van der Waals surface area contributed by atoms with Crippen LogP contribution in [0.1, 0.15) is 40.0 Å². The smallest absolute Gasteiger partial charge is 0.239 e. The van der Waals surface area contributed by atoms with Crippen LogP contribution in [0.4, 0.5) is 0 Å². The molecule has 0 saturated heterocycles. The van der Waals surface area contributed by atoms with Gasteiger partial charge >= 0.3 is 0 Å². The average molecular weight is 255 g/mol. The summed E-state index contributed by atoms with van der Waals surface area (Å²) in [5.74, 6) is 0.289. The van der Waals surface area contributed by atoms with Gasteiger partial charge in [-0.3, -0.25) is 9.59 Å². The quantitative estimate of drug-likeness (QED) is 0.642. The molecule has 104 valence electrons. The maximum atomic E-state index is 11.6. The van der Waals surface area contributed by atoms with E-state index in [9.17, 15) is 9.59 Å². The van der Waals surface area contributed by atoms with E-state index in [1.165, 1.54) is 0 Å². The van der Waals surface area contributed by atoms with E-state index in [1.54, 1.807) is 0 Å². The summed E-state index contributed by atoms with van der Waals surface area (Å²) in [6, 6.07) is 0.0667. The minimum absolute atomic E-state index is 0.0398. The summed E-state index contributed by atoms with van der Waals surface area (Å²) in [5.41, 5.74) is 5.54. The molecule has 1 saturated carbocycles. The molecule has 0 aromatic heterocycles. The van der Waals surface area contributed by atoms with Gasteiger partial charge in [0, 0.05) is 19.0 Å². The van der Waals surface area contributed by atoms with Crippen LogP contribution < -0.4 is 16.4 Å². The molecule has 1 aliphatic carbocycles. The second kappa shape index (κ2) is 6.18. The lowest BCUT2D eigenvalue weighted by molar-refractivity contribution is -0.127. The SMILES string of the molecule is CC(C)(C)CC(=O)NCC(=O)NC(CN)C1CC1. The van der Waals surface area contributed by atoms with Crippen molar-refractivity contribution >= 4 is 11.8 Å². The molecule has 1 unspecified atom stereocenters. The third kappa shape index (κ3) is 6.00. The number of rotatable bonds is 6. The summed E-state index contributed by atoms with van der Waals surface area (Å²) < 4.78 is 0.